The molecule has 0 bridgehead atoms. The fourth-order valence-corrected chi connectivity index (χ4v) is 6.58. The minimum absolute atomic E-state index is 0.0190. The maximum Gasteiger partial charge on any atom is 0.268 e. The molecular formula is C23H21ClN4O4S. The molecule has 10 heteroatoms. The molecule has 33 heavy (non-hydrogen) atoms. The van der Waals surface area contributed by atoms with Gasteiger partial charge in [-0.2, -0.15) is 0 Å². The zero-order valence-corrected chi connectivity index (χ0v) is 19.1. The first-order valence-electron chi connectivity index (χ1n) is 10.8. The van der Waals surface area contributed by atoms with E-state index in [0.29, 0.717) is 35.1 Å². The van der Waals surface area contributed by atoms with Crippen molar-refractivity contribution in [2.45, 2.75) is 30.6 Å². The van der Waals surface area contributed by atoms with Crippen molar-refractivity contribution < 1.29 is 17.9 Å². The Bertz CT molecular complexity index is 1350. The van der Waals surface area contributed by atoms with E-state index in [4.69, 9.17) is 16.3 Å². The van der Waals surface area contributed by atoms with Gasteiger partial charge in [0.2, 0.25) is 5.88 Å². The summed E-state index contributed by atoms with van der Waals surface area (Å²) in [6, 6.07) is 12.4. The van der Waals surface area contributed by atoms with Crippen molar-refractivity contribution in [3.8, 4) is 11.7 Å². The third-order valence-electron chi connectivity index (χ3n) is 7.38. The van der Waals surface area contributed by atoms with Gasteiger partial charge in [-0.1, -0.05) is 29.8 Å². The van der Waals surface area contributed by atoms with E-state index in [1.807, 2.05) is 4.72 Å². The molecule has 3 saturated carbocycles. The van der Waals surface area contributed by atoms with E-state index >= 15 is 0 Å². The summed E-state index contributed by atoms with van der Waals surface area (Å²) in [7, 11) is -4.02. The maximum atomic E-state index is 12.5. The Hall–Kier alpha value is -2.91. The van der Waals surface area contributed by atoms with Gasteiger partial charge in [0, 0.05) is 18.2 Å². The molecule has 3 aliphatic carbocycles. The van der Waals surface area contributed by atoms with Crippen molar-refractivity contribution in [2.75, 3.05) is 6.61 Å². The molecule has 2 heterocycles. The molecule has 0 atom stereocenters. The summed E-state index contributed by atoms with van der Waals surface area (Å²) in [4.78, 5) is 16.7. The molecule has 8 nitrogen and oxygen atoms in total. The van der Waals surface area contributed by atoms with Crippen LogP contribution in [0.3, 0.4) is 0 Å². The Balaban J connectivity index is 1.13. The maximum absolute atomic E-state index is 12.5. The van der Waals surface area contributed by atoms with Gasteiger partial charge in [-0.25, -0.2) is 22.8 Å². The lowest BCUT2D eigenvalue weighted by Gasteiger charge is -2.09. The van der Waals surface area contributed by atoms with E-state index in [1.54, 1.807) is 36.5 Å². The number of hydrogen-bond acceptors (Lipinski definition) is 6. The van der Waals surface area contributed by atoms with Crippen molar-refractivity contribution >= 4 is 27.5 Å². The van der Waals surface area contributed by atoms with Gasteiger partial charge >= 0.3 is 0 Å². The predicted molar refractivity (Wildman–Crippen MR) is 120 cm³/mol. The second-order valence-electron chi connectivity index (χ2n) is 9.03. The van der Waals surface area contributed by atoms with Crippen LogP contribution in [0.4, 0.5) is 0 Å². The standard InChI is InChI=1S/C23H21ClN4O4S/c24-20-16(21(29)27-33(30,31)15-4-2-1-3-5-15)6-7-18(25-20)28-13-8-19(26-28)32-14-17-22(9-10-22)23(17)11-12-23/h1-8,13,17H,9-12,14H2,(H,27,29). The smallest absolute Gasteiger partial charge is 0.268 e. The summed E-state index contributed by atoms with van der Waals surface area (Å²) in [5.74, 6) is 0.704. The minimum atomic E-state index is -4.02. The lowest BCUT2D eigenvalue weighted by Crippen LogP contribution is -2.31. The molecule has 2 spiro atoms. The highest BCUT2D eigenvalue weighted by Crippen LogP contribution is 2.92. The van der Waals surface area contributed by atoms with Gasteiger partial charge in [0.1, 0.15) is 5.15 Å². The van der Waals surface area contributed by atoms with Crippen molar-refractivity contribution in [3.63, 3.8) is 0 Å². The fourth-order valence-electron chi connectivity index (χ4n) is 5.36. The highest BCUT2D eigenvalue weighted by atomic mass is 35.5. The molecule has 1 N–H and O–H groups in total. The molecule has 3 aliphatic rings. The van der Waals surface area contributed by atoms with Gasteiger partial charge in [0.05, 0.1) is 17.1 Å². The van der Waals surface area contributed by atoms with Crippen LogP contribution in [0.5, 0.6) is 5.88 Å². The number of nitrogens with one attached hydrogen (secondary N) is 1. The molecule has 6 rings (SSSR count). The Morgan fingerprint density at radius 3 is 2.42 bits per heavy atom. The average molecular weight is 485 g/mol. The van der Waals surface area contributed by atoms with Gasteiger partial charge in [-0.3, -0.25) is 4.79 Å². The van der Waals surface area contributed by atoms with Crippen molar-refractivity contribution in [2.24, 2.45) is 16.7 Å². The topological polar surface area (TPSA) is 103 Å². The molecule has 3 aromatic rings. The fraction of sp³-hybridized carbons (Fsp3) is 0.348. The quantitative estimate of drug-likeness (QED) is 0.514. The van der Waals surface area contributed by atoms with Crippen LogP contribution in [0.2, 0.25) is 5.15 Å². The van der Waals surface area contributed by atoms with Gasteiger partial charge in [0.25, 0.3) is 15.9 Å². The zero-order valence-electron chi connectivity index (χ0n) is 17.6. The van der Waals surface area contributed by atoms with E-state index in [1.165, 1.54) is 48.6 Å². The average Bonchev–Trinajstić information content (AvgIpc) is 3.75. The Morgan fingerprint density at radius 2 is 1.79 bits per heavy atom. The van der Waals surface area contributed by atoms with Crippen LogP contribution in [0.15, 0.2) is 59.6 Å². The number of halogens is 1. The lowest BCUT2D eigenvalue weighted by atomic mass is 10.3. The Kier molecular flexibility index (Phi) is 4.41. The molecular weight excluding hydrogens is 464 g/mol. The number of amides is 1. The molecule has 2 aromatic heterocycles. The number of hydrogen-bond donors (Lipinski definition) is 1. The van der Waals surface area contributed by atoms with Crippen LogP contribution < -0.4 is 9.46 Å². The number of carbonyl (C=O) groups excluding carboxylic acids is 1. The largest absolute Gasteiger partial charge is 0.476 e. The first-order valence-corrected chi connectivity index (χ1v) is 12.7. The van der Waals surface area contributed by atoms with Crippen molar-refractivity contribution in [1.82, 2.24) is 19.5 Å². The van der Waals surface area contributed by atoms with Crippen LogP contribution in [-0.4, -0.2) is 35.7 Å². The molecule has 170 valence electrons. The predicted octanol–water partition coefficient (Wildman–Crippen LogP) is 3.61. The molecule has 0 saturated heterocycles. The third kappa shape index (κ3) is 3.33. The molecule has 1 aromatic carbocycles. The van der Waals surface area contributed by atoms with Gasteiger partial charge in [0.15, 0.2) is 5.82 Å². The molecule has 0 unspecified atom stereocenters. The van der Waals surface area contributed by atoms with Crippen LogP contribution in [0.25, 0.3) is 5.82 Å². The van der Waals surface area contributed by atoms with E-state index in [0.717, 1.165) is 0 Å². The van der Waals surface area contributed by atoms with E-state index < -0.39 is 15.9 Å². The zero-order chi connectivity index (χ0) is 22.8. The second kappa shape index (κ2) is 7.04. The van der Waals surface area contributed by atoms with Gasteiger partial charge < -0.3 is 4.74 Å². The number of pyridine rings is 1. The molecule has 0 radical (unpaired) electrons. The summed E-state index contributed by atoms with van der Waals surface area (Å²) in [6.45, 7) is 0.695. The molecule has 3 fully saturated rings. The number of aromatic nitrogens is 3. The van der Waals surface area contributed by atoms with Crippen molar-refractivity contribution in [1.29, 1.82) is 0 Å². The normalized spacial score (nSPS) is 19.4. The number of nitrogens with zero attached hydrogens (tertiary/aromatic N) is 3. The number of fused-ring (bicyclic) bond motifs is 1. The number of ether oxygens (including phenoxy) is 1. The van der Waals surface area contributed by atoms with E-state index in [9.17, 15) is 13.2 Å². The second-order valence-corrected chi connectivity index (χ2v) is 11.1. The lowest BCUT2D eigenvalue weighted by molar-refractivity contribution is 0.0981. The van der Waals surface area contributed by atoms with Crippen LogP contribution in [-0.2, 0) is 10.0 Å². The van der Waals surface area contributed by atoms with Crippen LogP contribution in [0, 0.1) is 16.7 Å². The number of sulfonamides is 1. The number of carbonyl (C=O) groups is 1. The van der Waals surface area contributed by atoms with Crippen LogP contribution >= 0.6 is 11.6 Å². The monoisotopic (exact) mass is 484 g/mol. The van der Waals surface area contributed by atoms with Gasteiger partial charge in [-0.15, -0.1) is 5.10 Å². The summed E-state index contributed by atoms with van der Waals surface area (Å²) in [5.41, 5.74) is 1.10. The summed E-state index contributed by atoms with van der Waals surface area (Å²) >= 11 is 6.20. The van der Waals surface area contributed by atoms with Crippen molar-refractivity contribution in [3.05, 3.63) is 65.4 Å². The molecule has 1 amide bonds. The molecule has 0 aliphatic heterocycles. The Labute approximate surface area is 196 Å². The highest BCUT2D eigenvalue weighted by Gasteiger charge is 2.86. The Morgan fingerprint density at radius 1 is 1.09 bits per heavy atom. The number of benzene rings is 1. The first-order chi connectivity index (χ1) is 15.8. The first kappa shape index (κ1) is 20.7. The number of rotatable bonds is 7. The SMILES string of the molecule is O=C(NS(=O)(=O)c1ccccc1)c1ccc(-n2ccc(OCC3C4(CC4)C34CC4)n2)nc1Cl. The summed E-state index contributed by atoms with van der Waals surface area (Å²) in [6.07, 6.45) is 7.06. The van der Waals surface area contributed by atoms with Gasteiger partial charge in [-0.05, 0) is 60.8 Å². The van der Waals surface area contributed by atoms with E-state index in [2.05, 4.69) is 10.1 Å². The highest BCUT2D eigenvalue weighted by molar-refractivity contribution is 7.90. The third-order valence-corrected chi connectivity index (χ3v) is 9.01. The summed E-state index contributed by atoms with van der Waals surface area (Å²) < 4.78 is 34.3. The summed E-state index contributed by atoms with van der Waals surface area (Å²) in [5, 5.41) is 4.28. The minimum Gasteiger partial charge on any atom is -0.476 e. The van der Waals surface area contributed by atoms with Crippen LogP contribution in [0.1, 0.15) is 36.0 Å². The van der Waals surface area contributed by atoms with E-state index in [-0.39, 0.29) is 15.6 Å².